The van der Waals surface area contributed by atoms with Gasteiger partial charge in [-0.25, -0.2) is 9.59 Å². The average molecular weight is 536 g/mol. The van der Waals surface area contributed by atoms with Gasteiger partial charge < -0.3 is 40.0 Å². The van der Waals surface area contributed by atoms with E-state index in [4.69, 9.17) is 19.3 Å². The topological polar surface area (TPSA) is 207 Å². The van der Waals surface area contributed by atoms with Crippen LogP contribution in [0.4, 0.5) is 5.82 Å². The number of carbonyl (C=O) groups is 3. The third-order valence-corrected chi connectivity index (χ3v) is 5.60. The predicted octanol–water partition coefficient (Wildman–Crippen LogP) is -0.540. The van der Waals surface area contributed by atoms with Gasteiger partial charge in [0.15, 0.2) is 6.23 Å². The van der Waals surface area contributed by atoms with Gasteiger partial charge in [-0.2, -0.15) is 4.98 Å². The van der Waals surface area contributed by atoms with Crippen LogP contribution < -0.4 is 11.0 Å². The molecule has 0 spiro atoms. The van der Waals surface area contributed by atoms with Gasteiger partial charge in [0, 0.05) is 12.6 Å². The molecule has 0 aliphatic carbocycles. The lowest BCUT2D eigenvalue weighted by Gasteiger charge is -2.17. The number of aromatic nitrogens is 2. The van der Waals surface area contributed by atoms with Crippen molar-refractivity contribution in [3.8, 4) is 5.75 Å². The summed E-state index contributed by atoms with van der Waals surface area (Å²) in [7, 11) is 0. The van der Waals surface area contributed by atoms with E-state index in [0.717, 1.165) is 4.57 Å². The summed E-state index contributed by atoms with van der Waals surface area (Å²) in [4.78, 5) is 51.8. The van der Waals surface area contributed by atoms with Crippen molar-refractivity contribution in [2.75, 3.05) is 25.1 Å². The summed E-state index contributed by atoms with van der Waals surface area (Å²) in [6, 6.07) is 7.28. The highest BCUT2D eigenvalue weighted by Gasteiger charge is 2.43. The molecule has 1 aliphatic heterocycles. The highest BCUT2D eigenvalue weighted by atomic mass is 16.6. The number of carbonyl (C=O) groups excluding carboxylic acids is 3. The van der Waals surface area contributed by atoms with E-state index in [1.165, 1.54) is 24.4 Å². The number of hydrogen-bond acceptors (Lipinski definition) is 12. The van der Waals surface area contributed by atoms with Gasteiger partial charge in [-0.1, -0.05) is 12.1 Å². The van der Waals surface area contributed by atoms with E-state index in [2.05, 4.69) is 10.3 Å². The standard InChI is InChI=1S/C24H29N3O11/c28-13-16-20(32)21(33)22(38-16)27-10-9-17(26-24(27)35)25-18(30)7-8-19(31)36-11-3-4-12-37-23(34)14-5-1-2-6-15(14)29/h1-2,5-6,9-10,16,20-22,28-29,32-33H,3-4,7-8,11-13H2,(H,25,26,30,35)/t16-,20-,21+,22-/m1/s1. The second kappa shape index (κ2) is 13.6. The quantitative estimate of drug-likeness (QED) is 0.172. The minimum absolute atomic E-state index is 0.0613. The van der Waals surface area contributed by atoms with Crippen LogP contribution in [0.3, 0.4) is 0 Å². The molecule has 2 aromatic rings. The van der Waals surface area contributed by atoms with E-state index >= 15 is 0 Å². The average Bonchev–Trinajstić information content (AvgIpc) is 3.18. The molecule has 0 unspecified atom stereocenters. The van der Waals surface area contributed by atoms with E-state index < -0.39 is 54.7 Å². The summed E-state index contributed by atoms with van der Waals surface area (Å²) in [5, 5.41) is 41.0. The Bertz CT molecular complexity index is 1190. The fourth-order valence-electron chi connectivity index (χ4n) is 3.56. The third-order valence-electron chi connectivity index (χ3n) is 5.60. The molecule has 14 heteroatoms. The molecule has 0 bridgehead atoms. The molecule has 1 aromatic heterocycles. The van der Waals surface area contributed by atoms with Gasteiger partial charge >= 0.3 is 17.6 Å². The van der Waals surface area contributed by atoms with Gasteiger partial charge in [0.05, 0.1) is 26.2 Å². The smallest absolute Gasteiger partial charge is 0.351 e. The fraction of sp³-hybridized carbons (Fsp3) is 0.458. The highest BCUT2D eigenvalue weighted by Crippen LogP contribution is 2.28. The van der Waals surface area contributed by atoms with E-state index in [9.17, 15) is 34.5 Å². The van der Waals surface area contributed by atoms with Crippen LogP contribution >= 0.6 is 0 Å². The molecule has 1 amide bonds. The Balaban J connectivity index is 1.33. The molecule has 1 saturated heterocycles. The van der Waals surface area contributed by atoms with Crippen LogP contribution in [-0.2, 0) is 23.8 Å². The third kappa shape index (κ3) is 7.58. The Hall–Kier alpha value is -3.85. The molecule has 2 heterocycles. The molecule has 3 rings (SSSR count). The molecule has 38 heavy (non-hydrogen) atoms. The molecule has 0 radical (unpaired) electrons. The van der Waals surface area contributed by atoms with E-state index in [1.807, 2.05) is 0 Å². The van der Waals surface area contributed by atoms with Crippen LogP contribution in [0.15, 0.2) is 41.3 Å². The monoisotopic (exact) mass is 535 g/mol. The minimum atomic E-state index is -1.46. The first-order valence-corrected chi connectivity index (χ1v) is 11.8. The predicted molar refractivity (Wildman–Crippen MR) is 128 cm³/mol. The van der Waals surface area contributed by atoms with E-state index in [0.29, 0.717) is 12.8 Å². The first-order valence-electron chi connectivity index (χ1n) is 11.8. The number of amides is 1. The molecule has 0 saturated carbocycles. The molecule has 206 valence electrons. The number of para-hydroxylation sites is 1. The summed E-state index contributed by atoms with van der Waals surface area (Å²) < 4.78 is 16.3. The number of phenolic OH excluding ortho intramolecular Hbond substituents is 1. The number of aromatic hydroxyl groups is 1. The molecule has 1 fully saturated rings. The number of aliphatic hydroxyl groups excluding tert-OH is 3. The van der Waals surface area contributed by atoms with Crippen molar-refractivity contribution in [1.82, 2.24) is 9.55 Å². The van der Waals surface area contributed by atoms with Crippen molar-refractivity contribution in [2.24, 2.45) is 0 Å². The lowest BCUT2D eigenvalue weighted by atomic mass is 10.1. The van der Waals surface area contributed by atoms with Gasteiger partial charge in [0.2, 0.25) is 5.91 Å². The maximum absolute atomic E-state index is 12.3. The maximum atomic E-state index is 12.3. The number of hydrogen-bond donors (Lipinski definition) is 5. The number of unbranched alkanes of at least 4 members (excludes halogenated alkanes) is 1. The van der Waals surface area contributed by atoms with Gasteiger partial charge in [-0.15, -0.1) is 0 Å². The summed E-state index contributed by atoms with van der Waals surface area (Å²) in [6.07, 6.45) is -3.56. The van der Waals surface area contributed by atoms with Crippen molar-refractivity contribution in [3.63, 3.8) is 0 Å². The number of phenols is 1. The normalized spacial score (nSPS) is 20.6. The molecule has 1 aromatic carbocycles. The molecule has 1 aliphatic rings. The first kappa shape index (κ1) is 28.7. The van der Waals surface area contributed by atoms with Crippen LogP contribution in [0.25, 0.3) is 0 Å². The summed E-state index contributed by atoms with van der Waals surface area (Å²) in [5.74, 6) is -2.12. The summed E-state index contributed by atoms with van der Waals surface area (Å²) in [5.41, 5.74) is -0.811. The Kier molecular flexibility index (Phi) is 10.3. The maximum Gasteiger partial charge on any atom is 0.351 e. The van der Waals surface area contributed by atoms with Crippen molar-refractivity contribution in [1.29, 1.82) is 0 Å². The molecule has 4 atom stereocenters. The van der Waals surface area contributed by atoms with Gasteiger partial charge in [-0.05, 0) is 31.0 Å². The second-order valence-corrected chi connectivity index (χ2v) is 8.36. The van der Waals surface area contributed by atoms with Gasteiger partial charge in [-0.3, -0.25) is 14.2 Å². The number of nitrogens with zero attached hydrogens (tertiary/aromatic N) is 2. The largest absolute Gasteiger partial charge is 0.507 e. The van der Waals surface area contributed by atoms with E-state index in [1.54, 1.807) is 12.1 Å². The Morgan fingerprint density at radius 3 is 2.39 bits per heavy atom. The van der Waals surface area contributed by atoms with Crippen LogP contribution in [-0.4, -0.2) is 86.0 Å². The Morgan fingerprint density at radius 1 is 1.03 bits per heavy atom. The van der Waals surface area contributed by atoms with Crippen LogP contribution in [0.2, 0.25) is 0 Å². The van der Waals surface area contributed by atoms with Crippen LogP contribution in [0.1, 0.15) is 42.3 Å². The number of anilines is 1. The van der Waals surface area contributed by atoms with Crippen molar-refractivity contribution in [2.45, 2.75) is 50.2 Å². The fourth-order valence-corrected chi connectivity index (χ4v) is 3.56. The zero-order valence-electron chi connectivity index (χ0n) is 20.3. The van der Waals surface area contributed by atoms with Crippen molar-refractivity contribution < 1.29 is 49.0 Å². The van der Waals surface area contributed by atoms with Gasteiger partial charge in [0.1, 0.15) is 35.4 Å². The zero-order valence-corrected chi connectivity index (χ0v) is 20.3. The minimum Gasteiger partial charge on any atom is -0.507 e. The van der Waals surface area contributed by atoms with Crippen molar-refractivity contribution >= 4 is 23.7 Å². The number of ether oxygens (including phenoxy) is 3. The lowest BCUT2D eigenvalue weighted by Crippen LogP contribution is -2.36. The number of benzene rings is 1. The second-order valence-electron chi connectivity index (χ2n) is 8.36. The number of aliphatic hydroxyl groups is 3. The number of nitrogens with one attached hydrogen (secondary N) is 1. The molecule has 14 nitrogen and oxygen atoms in total. The Morgan fingerprint density at radius 2 is 1.74 bits per heavy atom. The van der Waals surface area contributed by atoms with Crippen molar-refractivity contribution in [3.05, 3.63) is 52.6 Å². The number of rotatable bonds is 12. The Labute approximate surface area is 216 Å². The molecular weight excluding hydrogens is 506 g/mol. The lowest BCUT2D eigenvalue weighted by molar-refractivity contribution is -0.144. The number of esters is 2. The van der Waals surface area contributed by atoms with Crippen LogP contribution in [0, 0.1) is 0 Å². The summed E-state index contributed by atoms with van der Waals surface area (Å²) >= 11 is 0. The highest BCUT2D eigenvalue weighted by molar-refractivity contribution is 5.92. The molecular formula is C24H29N3O11. The SMILES string of the molecule is O=C(CCC(=O)OCCCCOC(=O)c1ccccc1O)Nc1ccn([C@@H]2O[C@H](CO)[C@@H](O)[C@@H]2O)c(=O)n1. The van der Waals surface area contributed by atoms with Gasteiger partial charge in [0.25, 0.3) is 0 Å². The molecule has 5 N–H and O–H groups in total. The zero-order chi connectivity index (χ0) is 27.7. The summed E-state index contributed by atoms with van der Waals surface area (Å²) in [6.45, 7) is -0.410. The van der Waals surface area contributed by atoms with Crippen LogP contribution in [0.5, 0.6) is 5.75 Å². The first-order chi connectivity index (χ1) is 18.2. The van der Waals surface area contributed by atoms with E-state index in [-0.39, 0.29) is 43.2 Å².